The molecule has 96 valence electrons. The zero-order chi connectivity index (χ0) is 13.5. The van der Waals surface area contributed by atoms with Crippen LogP contribution in [0.25, 0.3) is 0 Å². The Balaban J connectivity index is 2.96. The lowest BCUT2D eigenvalue weighted by molar-refractivity contribution is -0.115. The summed E-state index contributed by atoms with van der Waals surface area (Å²) in [6.45, 7) is -3.01. The van der Waals surface area contributed by atoms with Gasteiger partial charge < -0.3 is 14.8 Å². The van der Waals surface area contributed by atoms with Crippen molar-refractivity contribution in [2.75, 3.05) is 12.4 Å². The molecule has 7 heteroatoms. The van der Waals surface area contributed by atoms with Crippen molar-refractivity contribution >= 4 is 11.6 Å². The maximum atomic E-state index is 12.1. The number of ether oxygens (including phenoxy) is 2. The zero-order valence-corrected chi connectivity index (χ0v) is 9.44. The predicted octanol–water partition coefficient (Wildman–Crippen LogP) is 2.15. The molecule has 1 rings (SSSR count). The lowest BCUT2D eigenvalue weighted by atomic mass is 10.2. The highest BCUT2D eigenvalue weighted by atomic mass is 19.3. The van der Waals surface area contributed by atoms with Crippen molar-refractivity contribution in [3.05, 3.63) is 18.2 Å². The van der Waals surface area contributed by atoms with E-state index in [0.717, 1.165) is 0 Å². The fraction of sp³-hybridized carbons (Fsp3) is 0.273. The average Bonchev–Trinajstić information content (AvgIpc) is 2.31. The number of rotatable bonds is 5. The monoisotopic (exact) mass is 256 g/mol. The van der Waals surface area contributed by atoms with Crippen LogP contribution in [0.3, 0.4) is 0 Å². The summed E-state index contributed by atoms with van der Waals surface area (Å²) in [6, 6.07) is 5.63. The number of hydrogen-bond acceptors (Lipinski definition) is 4. The number of nitrogens with one attached hydrogen (secondary N) is 1. The molecule has 0 saturated carbocycles. The van der Waals surface area contributed by atoms with Crippen LogP contribution in [-0.4, -0.2) is 19.6 Å². The maximum absolute atomic E-state index is 12.1. The van der Waals surface area contributed by atoms with E-state index in [0.29, 0.717) is 5.75 Å². The molecule has 1 aromatic rings. The van der Waals surface area contributed by atoms with Gasteiger partial charge in [-0.25, -0.2) is 0 Å². The molecular weight excluding hydrogens is 246 g/mol. The number of nitriles is 1. The van der Waals surface area contributed by atoms with Gasteiger partial charge in [0.05, 0.1) is 18.9 Å². The number of amides is 1. The van der Waals surface area contributed by atoms with E-state index < -0.39 is 12.5 Å². The summed E-state index contributed by atoms with van der Waals surface area (Å²) >= 11 is 0. The van der Waals surface area contributed by atoms with Gasteiger partial charge in [0.25, 0.3) is 0 Å². The second-order valence-corrected chi connectivity index (χ2v) is 3.12. The topological polar surface area (TPSA) is 71.3 Å². The number of hydrogen-bond donors (Lipinski definition) is 1. The smallest absolute Gasteiger partial charge is 0.387 e. The van der Waals surface area contributed by atoms with Gasteiger partial charge in [-0.1, -0.05) is 0 Å². The van der Waals surface area contributed by atoms with Crippen molar-refractivity contribution in [3.63, 3.8) is 0 Å². The predicted molar refractivity (Wildman–Crippen MR) is 58.5 cm³/mol. The number of benzene rings is 1. The van der Waals surface area contributed by atoms with Crippen molar-refractivity contribution in [2.24, 2.45) is 0 Å². The van der Waals surface area contributed by atoms with Crippen LogP contribution >= 0.6 is 0 Å². The molecule has 0 fully saturated rings. The summed E-state index contributed by atoms with van der Waals surface area (Å²) in [6.07, 6.45) is -0.384. The van der Waals surface area contributed by atoms with E-state index in [9.17, 15) is 13.6 Å². The molecule has 0 aliphatic rings. The average molecular weight is 256 g/mol. The van der Waals surface area contributed by atoms with Gasteiger partial charge in [0, 0.05) is 6.07 Å². The van der Waals surface area contributed by atoms with Crippen LogP contribution < -0.4 is 14.8 Å². The van der Waals surface area contributed by atoms with E-state index >= 15 is 0 Å². The minimum Gasteiger partial charge on any atom is -0.497 e. The van der Waals surface area contributed by atoms with Gasteiger partial charge in [-0.3, -0.25) is 4.79 Å². The molecule has 5 nitrogen and oxygen atoms in total. The van der Waals surface area contributed by atoms with Crippen LogP contribution in [0.5, 0.6) is 11.5 Å². The Morgan fingerprint density at radius 3 is 2.83 bits per heavy atom. The standard InChI is InChI=1S/C11H10F2N2O3/c1-17-7-2-3-9(18-11(12)13)8(6-7)15-10(16)4-5-14/h2-3,6,11H,4H2,1H3,(H,15,16). The second kappa shape index (κ2) is 6.39. The first-order valence-electron chi connectivity index (χ1n) is 4.86. The first-order valence-corrected chi connectivity index (χ1v) is 4.86. The van der Waals surface area contributed by atoms with Crippen LogP contribution in [0.1, 0.15) is 6.42 Å². The Kier molecular flexibility index (Phi) is 4.87. The molecule has 0 saturated heterocycles. The largest absolute Gasteiger partial charge is 0.497 e. The number of nitrogens with zero attached hydrogens (tertiary/aromatic N) is 1. The van der Waals surface area contributed by atoms with Gasteiger partial charge in [0.1, 0.15) is 17.9 Å². The van der Waals surface area contributed by atoms with Gasteiger partial charge in [0.2, 0.25) is 5.91 Å². The summed E-state index contributed by atoms with van der Waals surface area (Å²) in [4.78, 5) is 11.2. The third-order valence-electron chi connectivity index (χ3n) is 1.92. The van der Waals surface area contributed by atoms with Gasteiger partial charge in [-0.2, -0.15) is 14.0 Å². The molecule has 1 N–H and O–H groups in total. The van der Waals surface area contributed by atoms with E-state index in [-0.39, 0.29) is 17.9 Å². The molecule has 0 spiro atoms. The fourth-order valence-electron chi connectivity index (χ4n) is 1.20. The highest BCUT2D eigenvalue weighted by Crippen LogP contribution is 2.30. The van der Waals surface area contributed by atoms with E-state index in [4.69, 9.17) is 10.00 Å². The molecule has 1 amide bonds. The molecule has 0 aliphatic heterocycles. The Morgan fingerprint density at radius 2 is 2.28 bits per heavy atom. The molecule has 0 aromatic heterocycles. The second-order valence-electron chi connectivity index (χ2n) is 3.12. The molecule has 0 aliphatic carbocycles. The zero-order valence-electron chi connectivity index (χ0n) is 9.44. The number of halogens is 2. The Bertz CT molecular complexity index is 472. The van der Waals surface area contributed by atoms with E-state index in [1.165, 1.54) is 25.3 Å². The van der Waals surface area contributed by atoms with E-state index in [1.54, 1.807) is 6.07 Å². The summed E-state index contributed by atoms with van der Waals surface area (Å²) in [7, 11) is 1.39. The summed E-state index contributed by atoms with van der Waals surface area (Å²) in [5.41, 5.74) is 0.0231. The van der Waals surface area contributed by atoms with Crippen molar-refractivity contribution in [1.82, 2.24) is 0 Å². The SMILES string of the molecule is COc1ccc(OC(F)F)c(NC(=O)CC#N)c1. The van der Waals surface area contributed by atoms with Gasteiger partial charge in [-0.15, -0.1) is 0 Å². The first-order chi connectivity index (χ1) is 8.56. The van der Waals surface area contributed by atoms with E-state index in [2.05, 4.69) is 10.1 Å². The molecule has 0 radical (unpaired) electrons. The third-order valence-corrected chi connectivity index (χ3v) is 1.92. The number of methoxy groups -OCH3 is 1. The number of carbonyl (C=O) groups is 1. The van der Waals surface area contributed by atoms with Gasteiger partial charge in [0.15, 0.2) is 0 Å². The number of anilines is 1. The van der Waals surface area contributed by atoms with Crippen LogP contribution in [0.4, 0.5) is 14.5 Å². The van der Waals surface area contributed by atoms with Crippen molar-refractivity contribution in [1.29, 1.82) is 5.26 Å². The van der Waals surface area contributed by atoms with Crippen molar-refractivity contribution < 1.29 is 23.0 Å². The molecule has 0 unspecified atom stereocenters. The highest BCUT2D eigenvalue weighted by molar-refractivity contribution is 5.93. The quantitative estimate of drug-likeness (QED) is 0.876. The van der Waals surface area contributed by atoms with Crippen molar-refractivity contribution in [2.45, 2.75) is 13.0 Å². The summed E-state index contributed by atoms with van der Waals surface area (Å²) < 4.78 is 33.4. The van der Waals surface area contributed by atoms with Crippen LogP contribution in [0, 0.1) is 11.3 Å². The molecule has 18 heavy (non-hydrogen) atoms. The van der Waals surface area contributed by atoms with Crippen molar-refractivity contribution in [3.8, 4) is 17.6 Å². The Morgan fingerprint density at radius 1 is 1.56 bits per heavy atom. The van der Waals surface area contributed by atoms with Crippen LogP contribution in [0.15, 0.2) is 18.2 Å². The van der Waals surface area contributed by atoms with Gasteiger partial charge in [-0.05, 0) is 12.1 Å². The Hall–Kier alpha value is -2.36. The fourth-order valence-corrected chi connectivity index (χ4v) is 1.20. The summed E-state index contributed by atoms with van der Waals surface area (Å²) in [5, 5.41) is 10.6. The molecule has 0 bridgehead atoms. The third kappa shape index (κ3) is 3.90. The number of carbonyl (C=O) groups excluding carboxylic acids is 1. The van der Waals surface area contributed by atoms with E-state index in [1.807, 2.05) is 0 Å². The molecule has 0 heterocycles. The van der Waals surface area contributed by atoms with Gasteiger partial charge >= 0.3 is 6.61 Å². The normalized spacial score (nSPS) is 9.72. The lowest BCUT2D eigenvalue weighted by Gasteiger charge is -2.12. The van der Waals surface area contributed by atoms with Crippen LogP contribution in [0.2, 0.25) is 0 Å². The molecular formula is C11H10F2N2O3. The highest BCUT2D eigenvalue weighted by Gasteiger charge is 2.13. The minimum atomic E-state index is -3.01. The lowest BCUT2D eigenvalue weighted by Crippen LogP contribution is -2.12. The minimum absolute atomic E-state index is 0.0231. The Labute approximate surface area is 102 Å². The summed E-state index contributed by atoms with van der Waals surface area (Å²) in [5.74, 6) is -0.453. The number of alkyl halides is 2. The molecule has 0 atom stereocenters. The molecule has 1 aromatic carbocycles. The maximum Gasteiger partial charge on any atom is 0.387 e. The van der Waals surface area contributed by atoms with Crippen LogP contribution in [-0.2, 0) is 4.79 Å². The first kappa shape index (κ1) is 13.7.